The van der Waals surface area contributed by atoms with E-state index < -0.39 is 0 Å². The SMILES string of the molecule is CC(=O)Nc1ccc(C2NCCc3c2[nH]c2ccc(Cl)cc32)cc1. The van der Waals surface area contributed by atoms with Crippen molar-refractivity contribution in [2.75, 3.05) is 11.9 Å². The molecular formula is C19H18ClN3O. The third-order valence-electron chi connectivity index (χ3n) is 4.48. The Bertz CT molecular complexity index is 914. The number of carbonyl (C=O) groups is 1. The molecule has 0 spiro atoms. The summed E-state index contributed by atoms with van der Waals surface area (Å²) in [6, 6.07) is 14.1. The van der Waals surface area contributed by atoms with Crippen LogP contribution >= 0.6 is 11.6 Å². The summed E-state index contributed by atoms with van der Waals surface area (Å²) >= 11 is 6.17. The fraction of sp³-hybridized carbons (Fsp3) is 0.211. The maximum atomic E-state index is 11.2. The van der Waals surface area contributed by atoms with Crippen LogP contribution in [0.1, 0.15) is 29.8 Å². The molecule has 0 saturated heterocycles. The van der Waals surface area contributed by atoms with E-state index in [4.69, 9.17) is 11.6 Å². The Labute approximate surface area is 145 Å². The molecule has 1 atom stereocenters. The fourth-order valence-electron chi connectivity index (χ4n) is 3.45. The topological polar surface area (TPSA) is 56.9 Å². The lowest BCUT2D eigenvalue weighted by molar-refractivity contribution is -0.114. The van der Waals surface area contributed by atoms with E-state index in [0.29, 0.717) is 0 Å². The summed E-state index contributed by atoms with van der Waals surface area (Å²) in [4.78, 5) is 14.7. The minimum Gasteiger partial charge on any atom is -0.357 e. The van der Waals surface area contributed by atoms with Gasteiger partial charge in [-0.2, -0.15) is 0 Å². The Kier molecular flexibility index (Phi) is 3.79. The van der Waals surface area contributed by atoms with Gasteiger partial charge in [-0.3, -0.25) is 4.79 Å². The number of aromatic amines is 1. The monoisotopic (exact) mass is 339 g/mol. The number of amides is 1. The van der Waals surface area contributed by atoms with Crippen molar-refractivity contribution in [3.05, 3.63) is 64.3 Å². The quantitative estimate of drug-likeness (QED) is 0.660. The number of nitrogens with one attached hydrogen (secondary N) is 3. The average Bonchev–Trinajstić information content (AvgIpc) is 2.93. The second-order valence-electron chi connectivity index (χ2n) is 6.15. The largest absolute Gasteiger partial charge is 0.357 e. The van der Waals surface area contributed by atoms with Crippen molar-refractivity contribution in [2.24, 2.45) is 0 Å². The van der Waals surface area contributed by atoms with Crippen molar-refractivity contribution in [2.45, 2.75) is 19.4 Å². The van der Waals surface area contributed by atoms with Crippen LogP contribution in [0.25, 0.3) is 10.9 Å². The van der Waals surface area contributed by atoms with Gasteiger partial charge in [0.05, 0.1) is 6.04 Å². The number of benzene rings is 2. The first-order valence-electron chi connectivity index (χ1n) is 8.03. The molecule has 1 aliphatic heterocycles. The lowest BCUT2D eigenvalue weighted by Gasteiger charge is -2.25. The smallest absolute Gasteiger partial charge is 0.221 e. The zero-order valence-corrected chi connectivity index (χ0v) is 14.1. The molecule has 24 heavy (non-hydrogen) atoms. The first-order valence-corrected chi connectivity index (χ1v) is 8.40. The number of anilines is 1. The van der Waals surface area contributed by atoms with Gasteiger partial charge in [0.15, 0.2) is 0 Å². The molecule has 4 nitrogen and oxygen atoms in total. The van der Waals surface area contributed by atoms with Crippen LogP contribution in [0.2, 0.25) is 5.02 Å². The van der Waals surface area contributed by atoms with Gasteiger partial charge in [0.1, 0.15) is 0 Å². The first-order chi connectivity index (χ1) is 11.6. The highest BCUT2D eigenvalue weighted by Crippen LogP contribution is 2.34. The van der Waals surface area contributed by atoms with Crippen LogP contribution in [-0.4, -0.2) is 17.4 Å². The van der Waals surface area contributed by atoms with Gasteiger partial charge in [-0.25, -0.2) is 0 Å². The summed E-state index contributed by atoms with van der Waals surface area (Å²) in [7, 11) is 0. The summed E-state index contributed by atoms with van der Waals surface area (Å²) in [5, 5.41) is 8.35. The van der Waals surface area contributed by atoms with Gasteiger partial charge in [-0.15, -0.1) is 0 Å². The predicted octanol–water partition coefficient (Wildman–Crippen LogP) is 4.01. The number of H-pyrrole nitrogens is 1. The molecule has 0 fully saturated rings. The van der Waals surface area contributed by atoms with Gasteiger partial charge >= 0.3 is 0 Å². The molecule has 3 aromatic rings. The Hall–Kier alpha value is -2.30. The van der Waals surface area contributed by atoms with Crippen molar-refractivity contribution in [1.29, 1.82) is 0 Å². The van der Waals surface area contributed by atoms with E-state index >= 15 is 0 Å². The molecule has 2 heterocycles. The molecule has 1 aromatic heterocycles. The van der Waals surface area contributed by atoms with Gasteiger partial charge in [0.2, 0.25) is 5.91 Å². The van der Waals surface area contributed by atoms with Crippen LogP contribution < -0.4 is 10.6 Å². The Balaban J connectivity index is 1.73. The number of aromatic nitrogens is 1. The normalized spacial score (nSPS) is 16.8. The predicted molar refractivity (Wildman–Crippen MR) is 97.6 cm³/mol. The molecule has 122 valence electrons. The molecule has 1 amide bonds. The van der Waals surface area contributed by atoms with Crippen LogP contribution in [0.3, 0.4) is 0 Å². The van der Waals surface area contributed by atoms with Gasteiger partial charge in [0.25, 0.3) is 0 Å². The standard InChI is InChI=1S/C19H18ClN3O/c1-11(24)22-14-5-2-12(3-6-14)18-19-15(8-9-21-18)16-10-13(20)4-7-17(16)23-19/h2-7,10,18,21,23H,8-9H2,1H3,(H,22,24). The minimum atomic E-state index is -0.0617. The maximum absolute atomic E-state index is 11.2. The van der Waals surface area contributed by atoms with Crippen molar-refractivity contribution < 1.29 is 4.79 Å². The van der Waals surface area contributed by atoms with Gasteiger partial charge in [-0.1, -0.05) is 23.7 Å². The molecular weight excluding hydrogens is 322 g/mol. The highest BCUT2D eigenvalue weighted by Gasteiger charge is 2.25. The third-order valence-corrected chi connectivity index (χ3v) is 4.71. The molecule has 1 aliphatic rings. The summed E-state index contributed by atoms with van der Waals surface area (Å²) in [6.07, 6.45) is 0.982. The molecule has 0 bridgehead atoms. The summed E-state index contributed by atoms with van der Waals surface area (Å²) in [6.45, 7) is 2.43. The Morgan fingerprint density at radius 3 is 2.75 bits per heavy atom. The highest BCUT2D eigenvalue weighted by molar-refractivity contribution is 6.31. The lowest BCUT2D eigenvalue weighted by Crippen LogP contribution is -2.30. The number of hydrogen-bond donors (Lipinski definition) is 3. The average molecular weight is 340 g/mol. The van der Waals surface area contributed by atoms with Crippen molar-refractivity contribution in [3.63, 3.8) is 0 Å². The number of carbonyl (C=O) groups excluding carboxylic acids is 1. The summed E-state index contributed by atoms with van der Waals surface area (Å²) < 4.78 is 0. The van der Waals surface area contributed by atoms with E-state index in [1.807, 2.05) is 30.3 Å². The highest BCUT2D eigenvalue weighted by atomic mass is 35.5. The van der Waals surface area contributed by atoms with E-state index in [1.165, 1.54) is 29.1 Å². The van der Waals surface area contributed by atoms with Crippen molar-refractivity contribution in [1.82, 2.24) is 10.3 Å². The number of hydrogen-bond acceptors (Lipinski definition) is 2. The first kappa shape index (κ1) is 15.2. The molecule has 0 radical (unpaired) electrons. The van der Waals surface area contributed by atoms with Gasteiger partial charge < -0.3 is 15.6 Å². The number of halogens is 1. The second-order valence-corrected chi connectivity index (χ2v) is 6.58. The zero-order chi connectivity index (χ0) is 16.7. The zero-order valence-electron chi connectivity index (χ0n) is 13.3. The van der Waals surface area contributed by atoms with E-state index in [-0.39, 0.29) is 11.9 Å². The lowest BCUT2D eigenvalue weighted by atomic mass is 9.94. The van der Waals surface area contributed by atoms with Gasteiger partial charge in [0, 0.05) is 40.8 Å². The van der Waals surface area contributed by atoms with Gasteiger partial charge in [-0.05, 0) is 47.9 Å². The second kappa shape index (κ2) is 5.96. The van der Waals surface area contributed by atoms with Crippen LogP contribution in [-0.2, 0) is 11.2 Å². The Morgan fingerprint density at radius 1 is 1.21 bits per heavy atom. The third kappa shape index (κ3) is 2.68. The van der Waals surface area contributed by atoms with E-state index in [0.717, 1.165) is 29.2 Å². The minimum absolute atomic E-state index is 0.0617. The van der Waals surface area contributed by atoms with Crippen LogP contribution in [0.5, 0.6) is 0 Å². The van der Waals surface area contributed by atoms with Crippen molar-refractivity contribution >= 4 is 34.1 Å². The maximum Gasteiger partial charge on any atom is 0.221 e. The summed E-state index contributed by atoms with van der Waals surface area (Å²) in [5.41, 5.74) is 5.63. The van der Waals surface area contributed by atoms with E-state index in [1.54, 1.807) is 0 Å². The van der Waals surface area contributed by atoms with E-state index in [9.17, 15) is 4.79 Å². The number of fused-ring (bicyclic) bond motifs is 3. The molecule has 1 unspecified atom stereocenters. The summed E-state index contributed by atoms with van der Waals surface area (Å²) in [5.74, 6) is -0.0617. The van der Waals surface area contributed by atoms with Crippen LogP contribution in [0.15, 0.2) is 42.5 Å². The molecule has 3 N–H and O–H groups in total. The van der Waals surface area contributed by atoms with Crippen molar-refractivity contribution in [3.8, 4) is 0 Å². The van der Waals surface area contributed by atoms with Crippen LogP contribution in [0, 0.1) is 0 Å². The fourth-order valence-corrected chi connectivity index (χ4v) is 3.62. The molecule has 0 saturated carbocycles. The van der Waals surface area contributed by atoms with Crippen LogP contribution in [0.4, 0.5) is 5.69 Å². The Morgan fingerprint density at radius 2 is 2.00 bits per heavy atom. The molecule has 4 rings (SSSR count). The number of rotatable bonds is 2. The molecule has 0 aliphatic carbocycles. The molecule has 5 heteroatoms. The molecule has 2 aromatic carbocycles. The van der Waals surface area contributed by atoms with E-state index in [2.05, 4.69) is 27.8 Å².